The zero-order valence-corrected chi connectivity index (χ0v) is 15.4. The molecule has 0 aliphatic carbocycles. The molecule has 0 aromatic heterocycles. The van der Waals surface area contributed by atoms with Crippen molar-refractivity contribution in [2.45, 2.75) is 6.54 Å². The standard InChI is InChI=1S/C18H17Cl2N3O2/c1-23(10-13-7-14(19)5-6-17(13)25-2)11-18(24)22-16-8-15(20)4-3-12(16)9-21/h3-8H,10-11H2,1-2H3,(H,22,24)/p+1. The van der Waals surface area contributed by atoms with Gasteiger partial charge in [-0.1, -0.05) is 23.2 Å². The Morgan fingerprint density at radius 2 is 1.92 bits per heavy atom. The molecule has 1 unspecified atom stereocenters. The lowest BCUT2D eigenvalue weighted by Crippen LogP contribution is -3.08. The van der Waals surface area contributed by atoms with E-state index in [1.807, 2.05) is 19.2 Å². The Morgan fingerprint density at radius 1 is 1.24 bits per heavy atom. The van der Waals surface area contributed by atoms with Crippen LogP contribution in [0.1, 0.15) is 11.1 Å². The normalized spacial score (nSPS) is 11.5. The number of hydrogen-bond acceptors (Lipinski definition) is 3. The zero-order chi connectivity index (χ0) is 18.4. The molecule has 0 saturated heterocycles. The molecule has 0 heterocycles. The summed E-state index contributed by atoms with van der Waals surface area (Å²) in [4.78, 5) is 13.2. The number of rotatable bonds is 6. The maximum absolute atomic E-state index is 12.3. The molecule has 7 heteroatoms. The molecule has 5 nitrogen and oxygen atoms in total. The third-order valence-corrected chi connectivity index (χ3v) is 4.04. The number of methoxy groups -OCH3 is 1. The predicted octanol–water partition coefficient (Wildman–Crippen LogP) is 2.53. The summed E-state index contributed by atoms with van der Waals surface area (Å²) in [5.41, 5.74) is 1.70. The van der Waals surface area contributed by atoms with Crippen LogP contribution in [0.2, 0.25) is 10.0 Å². The summed E-state index contributed by atoms with van der Waals surface area (Å²) in [5, 5.41) is 12.9. The fourth-order valence-electron chi connectivity index (χ4n) is 2.46. The number of ether oxygens (including phenoxy) is 1. The van der Waals surface area contributed by atoms with Gasteiger partial charge in [0.2, 0.25) is 0 Å². The van der Waals surface area contributed by atoms with Gasteiger partial charge in [0.1, 0.15) is 18.4 Å². The van der Waals surface area contributed by atoms with Crippen LogP contribution in [0, 0.1) is 11.3 Å². The van der Waals surface area contributed by atoms with E-state index in [1.165, 1.54) is 0 Å². The predicted molar refractivity (Wildman–Crippen MR) is 98.3 cm³/mol. The van der Waals surface area contributed by atoms with Gasteiger partial charge in [-0.15, -0.1) is 0 Å². The van der Waals surface area contributed by atoms with Gasteiger partial charge in [0.15, 0.2) is 6.54 Å². The molecule has 0 radical (unpaired) electrons. The van der Waals surface area contributed by atoms with E-state index in [0.29, 0.717) is 27.8 Å². The topological polar surface area (TPSA) is 66.6 Å². The maximum atomic E-state index is 12.3. The molecule has 2 aromatic rings. The third-order valence-electron chi connectivity index (χ3n) is 3.57. The van der Waals surface area contributed by atoms with Gasteiger partial charge in [0.25, 0.3) is 5.91 Å². The van der Waals surface area contributed by atoms with Crippen LogP contribution < -0.4 is 15.0 Å². The highest BCUT2D eigenvalue weighted by molar-refractivity contribution is 6.31. The summed E-state index contributed by atoms with van der Waals surface area (Å²) in [6, 6.07) is 12.2. The smallest absolute Gasteiger partial charge is 0.279 e. The quantitative estimate of drug-likeness (QED) is 0.811. The Hall–Kier alpha value is -2.26. The number of nitrogens with one attached hydrogen (secondary N) is 2. The second kappa shape index (κ2) is 8.72. The van der Waals surface area contributed by atoms with E-state index >= 15 is 0 Å². The van der Waals surface area contributed by atoms with Gasteiger partial charge >= 0.3 is 0 Å². The highest BCUT2D eigenvalue weighted by atomic mass is 35.5. The Morgan fingerprint density at radius 3 is 2.60 bits per heavy atom. The van der Waals surface area contributed by atoms with Gasteiger partial charge in [0, 0.05) is 15.6 Å². The molecule has 0 bridgehead atoms. The first kappa shape index (κ1) is 19.1. The van der Waals surface area contributed by atoms with Gasteiger partial charge in [-0.2, -0.15) is 5.26 Å². The first-order valence-corrected chi connectivity index (χ1v) is 8.31. The molecule has 0 aliphatic heterocycles. The van der Waals surface area contributed by atoms with Crippen molar-refractivity contribution in [2.24, 2.45) is 0 Å². The molecule has 25 heavy (non-hydrogen) atoms. The van der Waals surface area contributed by atoms with E-state index in [9.17, 15) is 4.79 Å². The van der Waals surface area contributed by atoms with Gasteiger partial charge in [-0.25, -0.2) is 0 Å². The summed E-state index contributed by atoms with van der Waals surface area (Å²) in [6.45, 7) is 0.783. The monoisotopic (exact) mass is 378 g/mol. The number of likely N-dealkylation sites (N-methyl/N-ethyl adjacent to an activating group) is 1. The summed E-state index contributed by atoms with van der Waals surface area (Å²) >= 11 is 12.0. The van der Waals surface area contributed by atoms with Crippen LogP contribution in [0.3, 0.4) is 0 Å². The lowest BCUT2D eigenvalue weighted by molar-refractivity contribution is -0.885. The van der Waals surface area contributed by atoms with E-state index in [-0.39, 0.29) is 12.5 Å². The molecule has 2 rings (SSSR count). The average molecular weight is 379 g/mol. The fourth-order valence-corrected chi connectivity index (χ4v) is 2.83. The first-order valence-electron chi connectivity index (χ1n) is 7.56. The summed E-state index contributed by atoms with van der Waals surface area (Å²) in [7, 11) is 3.49. The van der Waals surface area contributed by atoms with Crippen molar-refractivity contribution in [1.82, 2.24) is 0 Å². The number of nitriles is 1. The largest absolute Gasteiger partial charge is 0.496 e. The molecule has 130 valence electrons. The van der Waals surface area contributed by atoms with Gasteiger partial charge < -0.3 is 15.0 Å². The number of nitrogens with zero attached hydrogens (tertiary/aromatic N) is 1. The van der Waals surface area contributed by atoms with Crippen LogP contribution >= 0.6 is 23.2 Å². The zero-order valence-electron chi connectivity index (χ0n) is 13.9. The Bertz CT molecular complexity index is 818. The minimum Gasteiger partial charge on any atom is -0.496 e. The van der Waals surface area contributed by atoms with Crippen LogP contribution in [0.25, 0.3) is 0 Å². The number of carbonyl (C=O) groups excluding carboxylic acids is 1. The van der Waals surface area contributed by atoms with Crippen molar-refractivity contribution in [1.29, 1.82) is 5.26 Å². The van der Waals surface area contributed by atoms with E-state index in [0.717, 1.165) is 16.2 Å². The van der Waals surface area contributed by atoms with Crippen LogP contribution in [-0.2, 0) is 11.3 Å². The molecule has 0 aliphatic rings. The number of carbonyl (C=O) groups is 1. The Labute approximate surface area is 156 Å². The minimum atomic E-state index is -0.211. The van der Waals surface area contributed by atoms with Crippen LogP contribution in [0.15, 0.2) is 36.4 Å². The molecule has 0 spiro atoms. The molecular weight excluding hydrogens is 361 g/mol. The molecule has 2 aromatic carbocycles. The van der Waals surface area contributed by atoms with E-state index in [4.69, 9.17) is 33.2 Å². The third kappa shape index (κ3) is 5.36. The minimum absolute atomic E-state index is 0.211. The number of benzene rings is 2. The van der Waals surface area contributed by atoms with Crippen molar-refractivity contribution < 1.29 is 14.4 Å². The van der Waals surface area contributed by atoms with Crippen molar-refractivity contribution in [3.05, 3.63) is 57.6 Å². The van der Waals surface area contributed by atoms with Crippen molar-refractivity contribution in [3.8, 4) is 11.8 Å². The molecule has 0 fully saturated rings. The van der Waals surface area contributed by atoms with Crippen molar-refractivity contribution in [3.63, 3.8) is 0 Å². The van der Waals surface area contributed by atoms with Crippen LogP contribution in [0.5, 0.6) is 5.75 Å². The number of hydrogen-bond donors (Lipinski definition) is 2. The SMILES string of the molecule is COc1ccc(Cl)cc1C[NH+](C)CC(=O)Nc1cc(Cl)ccc1C#N. The van der Waals surface area contributed by atoms with Crippen LogP contribution in [0.4, 0.5) is 5.69 Å². The number of quaternary nitrogens is 1. The molecule has 2 N–H and O–H groups in total. The Balaban J connectivity index is 2.03. The molecular formula is C18H18Cl2N3O2+. The van der Waals surface area contributed by atoms with Crippen LogP contribution in [-0.4, -0.2) is 26.6 Å². The molecule has 1 atom stereocenters. The van der Waals surface area contributed by atoms with E-state index in [2.05, 4.69) is 5.32 Å². The Kier molecular flexibility index (Phi) is 6.65. The van der Waals surface area contributed by atoms with Gasteiger partial charge in [-0.3, -0.25) is 4.79 Å². The first-order chi connectivity index (χ1) is 11.9. The fraction of sp³-hybridized carbons (Fsp3) is 0.222. The maximum Gasteiger partial charge on any atom is 0.279 e. The average Bonchev–Trinajstić information content (AvgIpc) is 2.55. The molecule has 1 amide bonds. The van der Waals surface area contributed by atoms with Crippen molar-refractivity contribution in [2.75, 3.05) is 26.0 Å². The number of amides is 1. The highest BCUT2D eigenvalue weighted by Gasteiger charge is 2.15. The van der Waals surface area contributed by atoms with E-state index in [1.54, 1.807) is 37.4 Å². The second-order valence-corrected chi connectivity index (χ2v) is 6.49. The summed E-state index contributed by atoms with van der Waals surface area (Å²) in [6.07, 6.45) is 0. The number of halogens is 2. The summed E-state index contributed by atoms with van der Waals surface area (Å²) < 4.78 is 5.32. The van der Waals surface area contributed by atoms with E-state index < -0.39 is 0 Å². The lowest BCUT2D eigenvalue weighted by Gasteiger charge is -2.16. The van der Waals surface area contributed by atoms with Gasteiger partial charge in [0.05, 0.1) is 25.4 Å². The molecule has 0 saturated carbocycles. The van der Waals surface area contributed by atoms with Gasteiger partial charge in [-0.05, 0) is 36.4 Å². The summed E-state index contributed by atoms with van der Waals surface area (Å²) in [5.74, 6) is 0.517. The van der Waals surface area contributed by atoms with Crippen molar-refractivity contribution >= 4 is 34.8 Å². The number of anilines is 1. The lowest BCUT2D eigenvalue weighted by atomic mass is 10.2. The highest BCUT2D eigenvalue weighted by Crippen LogP contribution is 2.22. The second-order valence-electron chi connectivity index (χ2n) is 5.62.